The van der Waals surface area contributed by atoms with E-state index in [2.05, 4.69) is 20.7 Å². The summed E-state index contributed by atoms with van der Waals surface area (Å²) in [6.45, 7) is 1.63. The van der Waals surface area contributed by atoms with Crippen LogP contribution in [0.25, 0.3) is 11.4 Å². The van der Waals surface area contributed by atoms with Gasteiger partial charge in [-0.1, -0.05) is 6.92 Å². The first-order chi connectivity index (χ1) is 11.0. The lowest BCUT2D eigenvalue weighted by atomic mass is 10.2. The number of hydrogen-bond donors (Lipinski definition) is 3. The Morgan fingerprint density at radius 2 is 1.96 bits per heavy atom. The van der Waals surface area contributed by atoms with Crippen molar-refractivity contribution in [2.45, 2.75) is 13.3 Å². The summed E-state index contributed by atoms with van der Waals surface area (Å²) in [5.74, 6) is -0.526. The lowest BCUT2D eigenvalue weighted by Crippen LogP contribution is -2.26. The molecule has 0 aliphatic heterocycles. The van der Waals surface area contributed by atoms with Crippen LogP contribution < -0.4 is 16.4 Å². The predicted molar refractivity (Wildman–Crippen MR) is 90.9 cm³/mol. The standard InChI is InChI=1S/C14H16N6O2S/c1-3-10(21)12(22)17-9-6-4-8(5-7-9)11-18-13(15)20(19-11)14(23)16-2/h4-7H,3H2,1-2H3,(H,16,23)(H,17,22)(H2,15,18,19). The molecule has 9 heteroatoms. The summed E-state index contributed by atoms with van der Waals surface area (Å²) in [6, 6.07) is 6.74. The minimum Gasteiger partial charge on any atom is -0.368 e. The number of ketones is 1. The van der Waals surface area contributed by atoms with Crippen molar-refractivity contribution in [2.75, 3.05) is 18.1 Å². The SMILES string of the molecule is CCC(=O)C(=O)Nc1ccc(-c2nc(N)n(C(=S)NC)n2)cc1. The lowest BCUT2D eigenvalue weighted by Gasteiger charge is -2.04. The topological polar surface area (TPSA) is 115 Å². The van der Waals surface area contributed by atoms with Gasteiger partial charge in [0.05, 0.1) is 0 Å². The summed E-state index contributed by atoms with van der Waals surface area (Å²) in [6.07, 6.45) is 0.163. The van der Waals surface area contributed by atoms with E-state index in [-0.39, 0.29) is 12.4 Å². The number of nitrogens with zero attached hydrogens (tertiary/aromatic N) is 3. The number of Topliss-reactive ketones (excluding diaryl/α,β-unsaturated/α-hetero) is 1. The van der Waals surface area contributed by atoms with Gasteiger partial charge in [0.25, 0.3) is 5.91 Å². The van der Waals surface area contributed by atoms with Crippen LogP contribution in [0, 0.1) is 0 Å². The second-order valence-corrected chi connectivity index (χ2v) is 4.96. The largest absolute Gasteiger partial charge is 0.368 e. The second kappa shape index (κ2) is 6.97. The first kappa shape index (κ1) is 16.6. The van der Waals surface area contributed by atoms with Gasteiger partial charge in [-0.15, -0.1) is 5.10 Å². The fourth-order valence-corrected chi connectivity index (χ4v) is 1.90. The van der Waals surface area contributed by atoms with E-state index in [0.29, 0.717) is 22.2 Å². The van der Waals surface area contributed by atoms with Crippen LogP contribution in [0.3, 0.4) is 0 Å². The number of anilines is 2. The van der Waals surface area contributed by atoms with E-state index in [1.54, 1.807) is 38.2 Å². The summed E-state index contributed by atoms with van der Waals surface area (Å²) >= 11 is 5.07. The minimum atomic E-state index is -0.633. The number of benzene rings is 1. The normalized spacial score (nSPS) is 10.2. The highest BCUT2D eigenvalue weighted by atomic mass is 32.1. The van der Waals surface area contributed by atoms with Gasteiger partial charge in [-0.2, -0.15) is 9.67 Å². The average molecular weight is 332 g/mol. The number of aromatic nitrogens is 3. The molecule has 4 N–H and O–H groups in total. The Morgan fingerprint density at radius 1 is 1.30 bits per heavy atom. The molecule has 1 heterocycles. The van der Waals surface area contributed by atoms with Crippen molar-refractivity contribution in [2.24, 2.45) is 0 Å². The maximum absolute atomic E-state index is 11.5. The molecule has 0 fully saturated rings. The molecule has 0 spiro atoms. The minimum absolute atomic E-state index is 0.163. The Bertz CT molecular complexity index is 753. The highest BCUT2D eigenvalue weighted by molar-refractivity contribution is 7.80. The Kier molecular flexibility index (Phi) is 5.02. The zero-order chi connectivity index (χ0) is 17.0. The average Bonchev–Trinajstić information content (AvgIpc) is 2.95. The van der Waals surface area contributed by atoms with Gasteiger partial charge in [-0.25, -0.2) is 0 Å². The van der Waals surface area contributed by atoms with E-state index < -0.39 is 11.7 Å². The number of carbonyl (C=O) groups is 2. The molecular formula is C14H16N6O2S. The van der Waals surface area contributed by atoms with Gasteiger partial charge in [0.15, 0.2) is 10.9 Å². The number of hydrogen-bond acceptors (Lipinski definition) is 6. The summed E-state index contributed by atoms with van der Waals surface area (Å²) < 4.78 is 1.32. The quantitative estimate of drug-likeness (QED) is 0.560. The fourth-order valence-electron chi connectivity index (χ4n) is 1.77. The molecule has 1 amide bonds. The summed E-state index contributed by atoms with van der Waals surface area (Å²) in [5.41, 5.74) is 6.98. The molecular weight excluding hydrogens is 316 g/mol. The van der Waals surface area contributed by atoms with Gasteiger partial charge >= 0.3 is 0 Å². The van der Waals surface area contributed by atoms with Gasteiger partial charge in [0.2, 0.25) is 11.7 Å². The number of rotatable bonds is 4. The smallest absolute Gasteiger partial charge is 0.291 e. The summed E-state index contributed by atoms with van der Waals surface area (Å²) in [5, 5.41) is 9.85. The third-order valence-electron chi connectivity index (χ3n) is 3.01. The number of nitrogens with one attached hydrogen (secondary N) is 2. The number of carbonyl (C=O) groups excluding carboxylic acids is 2. The maximum Gasteiger partial charge on any atom is 0.291 e. The number of nitrogen functional groups attached to an aromatic ring is 1. The van der Waals surface area contributed by atoms with Crippen LogP contribution in [-0.4, -0.2) is 38.6 Å². The summed E-state index contributed by atoms with van der Waals surface area (Å²) in [7, 11) is 1.66. The van der Waals surface area contributed by atoms with Crippen LogP contribution in [0.5, 0.6) is 0 Å². The molecule has 0 saturated heterocycles. The number of amides is 1. The van der Waals surface area contributed by atoms with Crippen LogP contribution >= 0.6 is 12.2 Å². The molecule has 8 nitrogen and oxygen atoms in total. The van der Waals surface area contributed by atoms with Crippen LogP contribution in [0.4, 0.5) is 11.6 Å². The van der Waals surface area contributed by atoms with Crippen LogP contribution in [0.2, 0.25) is 0 Å². The lowest BCUT2D eigenvalue weighted by molar-refractivity contribution is -0.134. The third kappa shape index (κ3) is 3.69. The van der Waals surface area contributed by atoms with Crippen molar-refractivity contribution in [3.8, 4) is 11.4 Å². The maximum atomic E-state index is 11.5. The van der Waals surface area contributed by atoms with Gasteiger partial charge < -0.3 is 16.4 Å². The Balaban J connectivity index is 2.18. The van der Waals surface area contributed by atoms with Gasteiger partial charge in [0, 0.05) is 24.7 Å². The molecule has 0 radical (unpaired) electrons. The molecule has 1 aromatic carbocycles. The molecule has 23 heavy (non-hydrogen) atoms. The van der Waals surface area contributed by atoms with Crippen molar-refractivity contribution >= 4 is 40.7 Å². The zero-order valence-corrected chi connectivity index (χ0v) is 13.5. The highest BCUT2D eigenvalue weighted by Gasteiger charge is 2.13. The monoisotopic (exact) mass is 332 g/mol. The van der Waals surface area contributed by atoms with Crippen molar-refractivity contribution < 1.29 is 9.59 Å². The van der Waals surface area contributed by atoms with Crippen molar-refractivity contribution in [3.63, 3.8) is 0 Å². The first-order valence-corrected chi connectivity index (χ1v) is 7.26. The van der Waals surface area contributed by atoms with E-state index in [4.69, 9.17) is 18.0 Å². The fraction of sp³-hybridized carbons (Fsp3) is 0.214. The van der Waals surface area contributed by atoms with Crippen LogP contribution in [0.15, 0.2) is 24.3 Å². The molecule has 0 bridgehead atoms. The first-order valence-electron chi connectivity index (χ1n) is 6.85. The molecule has 0 aliphatic carbocycles. The molecule has 120 valence electrons. The van der Waals surface area contributed by atoms with Crippen LogP contribution in [0.1, 0.15) is 13.3 Å². The van der Waals surface area contributed by atoms with E-state index in [1.807, 2.05) is 0 Å². The molecule has 2 aromatic rings. The van der Waals surface area contributed by atoms with Crippen LogP contribution in [-0.2, 0) is 9.59 Å². The zero-order valence-electron chi connectivity index (χ0n) is 12.7. The third-order valence-corrected chi connectivity index (χ3v) is 3.39. The van der Waals surface area contributed by atoms with Gasteiger partial charge in [-0.3, -0.25) is 9.59 Å². The molecule has 0 unspecified atom stereocenters. The molecule has 0 aliphatic rings. The number of nitrogens with two attached hydrogens (primary N) is 1. The molecule has 0 saturated carbocycles. The van der Waals surface area contributed by atoms with Crippen molar-refractivity contribution in [1.29, 1.82) is 0 Å². The molecule has 2 rings (SSSR count). The van der Waals surface area contributed by atoms with E-state index in [1.165, 1.54) is 4.68 Å². The number of thiocarbonyl (C=S) groups is 1. The molecule has 0 atom stereocenters. The Morgan fingerprint density at radius 3 is 2.52 bits per heavy atom. The predicted octanol–water partition coefficient (Wildman–Crippen LogP) is 0.797. The Hall–Kier alpha value is -2.81. The van der Waals surface area contributed by atoms with E-state index >= 15 is 0 Å². The molecule has 1 aromatic heterocycles. The van der Waals surface area contributed by atoms with Gasteiger partial charge in [0.1, 0.15) is 0 Å². The summed E-state index contributed by atoms with van der Waals surface area (Å²) in [4.78, 5) is 26.9. The van der Waals surface area contributed by atoms with E-state index in [9.17, 15) is 9.59 Å². The Labute approximate surface area is 138 Å². The van der Waals surface area contributed by atoms with Gasteiger partial charge in [-0.05, 0) is 36.5 Å². The highest BCUT2D eigenvalue weighted by Crippen LogP contribution is 2.19. The van der Waals surface area contributed by atoms with E-state index in [0.717, 1.165) is 0 Å². The van der Waals surface area contributed by atoms with Crippen molar-refractivity contribution in [1.82, 2.24) is 20.1 Å². The second-order valence-electron chi connectivity index (χ2n) is 4.57. The van der Waals surface area contributed by atoms with Crippen molar-refractivity contribution in [3.05, 3.63) is 24.3 Å².